The maximum Gasteiger partial charge on any atom is 0.413 e. The van der Waals surface area contributed by atoms with Crippen LogP contribution in [-0.4, -0.2) is 21.9 Å². The molecule has 1 amide bonds. The van der Waals surface area contributed by atoms with Crippen LogP contribution in [0.5, 0.6) is 0 Å². The molecule has 0 aromatic carbocycles. The number of carbonyl (C=O) groups excluding carboxylic acids is 1. The Morgan fingerprint density at radius 1 is 1.50 bits per heavy atom. The highest BCUT2D eigenvalue weighted by atomic mass is 32.1. The number of amides is 1. The third kappa shape index (κ3) is 3.33. The molecular formula is C16H18F3N3OS. The predicted molar refractivity (Wildman–Crippen MR) is 85.0 cm³/mol. The molecule has 0 radical (unpaired) electrons. The van der Waals surface area contributed by atoms with E-state index < -0.39 is 18.1 Å². The van der Waals surface area contributed by atoms with Crippen LogP contribution in [-0.2, 0) is 19.9 Å². The Labute approximate surface area is 141 Å². The summed E-state index contributed by atoms with van der Waals surface area (Å²) in [6.07, 6.45) is 0.399. The van der Waals surface area contributed by atoms with Crippen molar-refractivity contribution in [3.8, 4) is 0 Å². The smallest absolute Gasteiger partial charge is 0.337 e. The molecule has 0 fully saturated rings. The first kappa shape index (κ1) is 17.0. The van der Waals surface area contributed by atoms with Crippen molar-refractivity contribution >= 4 is 17.2 Å². The van der Waals surface area contributed by atoms with E-state index in [1.807, 2.05) is 0 Å². The molecule has 0 spiro atoms. The van der Waals surface area contributed by atoms with Crippen LogP contribution in [0.3, 0.4) is 0 Å². The van der Waals surface area contributed by atoms with Gasteiger partial charge in [0.15, 0.2) is 6.04 Å². The Bertz CT molecular complexity index is 750. The van der Waals surface area contributed by atoms with Crippen molar-refractivity contribution in [2.24, 2.45) is 13.0 Å². The average Bonchev–Trinajstić information content (AvgIpc) is 3.09. The molecule has 0 aliphatic heterocycles. The molecule has 4 nitrogen and oxygen atoms in total. The molecule has 0 bridgehead atoms. The molecule has 0 saturated heterocycles. The molecule has 2 heterocycles. The Morgan fingerprint density at radius 2 is 2.25 bits per heavy atom. The van der Waals surface area contributed by atoms with Crippen molar-refractivity contribution in [2.75, 3.05) is 0 Å². The number of aromatic nitrogens is 2. The molecule has 2 aromatic heterocycles. The monoisotopic (exact) mass is 357 g/mol. The Kier molecular flexibility index (Phi) is 4.42. The summed E-state index contributed by atoms with van der Waals surface area (Å²) in [5.41, 5.74) is 1.21. The molecule has 1 N–H and O–H groups in total. The van der Waals surface area contributed by atoms with E-state index in [1.54, 1.807) is 5.38 Å². The van der Waals surface area contributed by atoms with E-state index in [4.69, 9.17) is 0 Å². The minimum absolute atomic E-state index is 0.0731. The number of rotatable bonds is 3. The molecular weight excluding hydrogens is 339 g/mol. The van der Waals surface area contributed by atoms with Gasteiger partial charge in [-0.05, 0) is 30.7 Å². The van der Waals surface area contributed by atoms with Crippen LogP contribution in [0.4, 0.5) is 13.2 Å². The van der Waals surface area contributed by atoms with Gasteiger partial charge in [0, 0.05) is 29.1 Å². The summed E-state index contributed by atoms with van der Waals surface area (Å²) in [6, 6.07) is -2.06. The van der Waals surface area contributed by atoms with Gasteiger partial charge in [0.1, 0.15) is 0 Å². The van der Waals surface area contributed by atoms with Gasteiger partial charge in [-0.3, -0.25) is 9.48 Å². The first-order chi connectivity index (χ1) is 11.3. The highest BCUT2D eigenvalue weighted by molar-refractivity contribution is 7.10. The number of nitrogens with one attached hydrogen (secondary N) is 1. The van der Waals surface area contributed by atoms with Crippen molar-refractivity contribution in [1.82, 2.24) is 15.1 Å². The summed E-state index contributed by atoms with van der Waals surface area (Å²) in [6.45, 7) is 2.14. The summed E-state index contributed by atoms with van der Waals surface area (Å²) in [7, 11) is 1.54. The van der Waals surface area contributed by atoms with Gasteiger partial charge >= 0.3 is 6.18 Å². The van der Waals surface area contributed by atoms with E-state index >= 15 is 0 Å². The van der Waals surface area contributed by atoms with Crippen LogP contribution >= 0.6 is 11.3 Å². The van der Waals surface area contributed by atoms with Crippen molar-refractivity contribution in [2.45, 2.75) is 38.4 Å². The van der Waals surface area contributed by atoms with E-state index in [0.29, 0.717) is 11.5 Å². The zero-order valence-electron chi connectivity index (χ0n) is 13.4. The second-order valence-electron chi connectivity index (χ2n) is 6.29. The molecule has 0 saturated carbocycles. The SMILES string of the molecule is C[C@@H]1CCc2c(C(=O)N[C@H](c3cnn(C)c3)C(F)(F)F)csc2C1. The van der Waals surface area contributed by atoms with Crippen LogP contribution in [0.1, 0.15) is 45.7 Å². The zero-order valence-corrected chi connectivity index (χ0v) is 14.2. The van der Waals surface area contributed by atoms with E-state index in [9.17, 15) is 18.0 Å². The average molecular weight is 357 g/mol. The fourth-order valence-electron chi connectivity index (χ4n) is 3.02. The number of halogens is 3. The number of hydrogen-bond acceptors (Lipinski definition) is 3. The molecule has 8 heteroatoms. The lowest BCUT2D eigenvalue weighted by Gasteiger charge is -2.22. The third-order valence-electron chi connectivity index (χ3n) is 4.31. The number of hydrogen-bond donors (Lipinski definition) is 1. The van der Waals surface area contributed by atoms with Gasteiger partial charge in [0.25, 0.3) is 5.91 Å². The number of carbonyl (C=O) groups is 1. The molecule has 2 aromatic rings. The summed E-state index contributed by atoms with van der Waals surface area (Å²) in [5.74, 6) is -0.126. The molecule has 3 rings (SSSR count). The largest absolute Gasteiger partial charge is 0.413 e. The van der Waals surface area contributed by atoms with Crippen LogP contribution in [0.15, 0.2) is 17.8 Å². The quantitative estimate of drug-likeness (QED) is 0.912. The topological polar surface area (TPSA) is 46.9 Å². The number of nitrogens with zero attached hydrogens (tertiary/aromatic N) is 2. The standard InChI is InChI=1S/C16H18F3N3OS/c1-9-3-4-11-12(8-24-13(11)5-9)15(23)21-14(16(17,18)19)10-6-20-22(2)7-10/h6-9,14H,3-5H2,1-2H3,(H,21,23)/t9-,14-/m1/s1. The lowest BCUT2D eigenvalue weighted by atomic mass is 9.88. The number of alkyl halides is 3. The summed E-state index contributed by atoms with van der Waals surface area (Å²) < 4.78 is 41.4. The molecule has 0 unspecified atom stereocenters. The van der Waals surface area contributed by atoms with Crippen LogP contribution < -0.4 is 5.32 Å². The van der Waals surface area contributed by atoms with E-state index in [2.05, 4.69) is 17.3 Å². The van der Waals surface area contributed by atoms with Crippen LogP contribution in [0.25, 0.3) is 0 Å². The van der Waals surface area contributed by atoms with Gasteiger partial charge < -0.3 is 5.32 Å². The lowest BCUT2D eigenvalue weighted by molar-refractivity contribution is -0.155. The minimum Gasteiger partial charge on any atom is -0.337 e. The highest BCUT2D eigenvalue weighted by Gasteiger charge is 2.43. The molecule has 1 aliphatic rings. The van der Waals surface area contributed by atoms with Gasteiger partial charge in [0.05, 0.1) is 11.8 Å². The zero-order chi connectivity index (χ0) is 17.5. The Morgan fingerprint density at radius 3 is 2.88 bits per heavy atom. The molecule has 24 heavy (non-hydrogen) atoms. The fraction of sp³-hybridized carbons (Fsp3) is 0.500. The number of aryl methyl sites for hydroxylation is 1. The van der Waals surface area contributed by atoms with Gasteiger partial charge in [-0.25, -0.2) is 0 Å². The molecule has 2 atom stereocenters. The van der Waals surface area contributed by atoms with Crippen LogP contribution in [0, 0.1) is 5.92 Å². The fourth-order valence-corrected chi connectivity index (χ4v) is 4.26. The third-order valence-corrected chi connectivity index (χ3v) is 5.36. The minimum atomic E-state index is -4.58. The highest BCUT2D eigenvalue weighted by Crippen LogP contribution is 2.35. The summed E-state index contributed by atoms with van der Waals surface area (Å²) in [5, 5.41) is 7.58. The maximum atomic E-state index is 13.4. The summed E-state index contributed by atoms with van der Waals surface area (Å²) >= 11 is 1.46. The van der Waals surface area contributed by atoms with Gasteiger partial charge in [0.2, 0.25) is 0 Å². The molecule has 130 valence electrons. The Hall–Kier alpha value is -1.83. The van der Waals surface area contributed by atoms with E-state index in [-0.39, 0.29) is 5.56 Å². The van der Waals surface area contributed by atoms with E-state index in [0.717, 1.165) is 35.9 Å². The van der Waals surface area contributed by atoms with Gasteiger partial charge in [-0.2, -0.15) is 18.3 Å². The first-order valence-corrected chi connectivity index (χ1v) is 8.59. The Balaban J connectivity index is 1.84. The lowest BCUT2D eigenvalue weighted by Crippen LogP contribution is -2.38. The van der Waals surface area contributed by atoms with Crippen molar-refractivity contribution in [3.05, 3.63) is 39.3 Å². The van der Waals surface area contributed by atoms with Crippen molar-refractivity contribution < 1.29 is 18.0 Å². The number of thiophene rings is 1. The van der Waals surface area contributed by atoms with Gasteiger partial charge in [-0.1, -0.05) is 6.92 Å². The normalized spacial score (nSPS) is 19.0. The summed E-state index contributed by atoms with van der Waals surface area (Å²) in [4.78, 5) is 13.6. The number of fused-ring (bicyclic) bond motifs is 1. The van der Waals surface area contributed by atoms with E-state index in [1.165, 1.54) is 29.3 Å². The van der Waals surface area contributed by atoms with Gasteiger partial charge in [-0.15, -0.1) is 11.3 Å². The van der Waals surface area contributed by atoms with Crippen molar-refractivity contribution in [3.63, 3.8) is 0 Å². The predicted octanol–water partition coefficient (Wildman–Crippen LogP) is 3.64. The first-order valence-electron chi connectivity index (χ1n) is 7.71. The van der Waals surface area contributed by atoms with Crippen molar-refractivity contribution in [1.29, 1.82) is 0 Å². The van der Waals surface area contributed by atoms with Crippen LogP contribution in [0.2, 0.25) is 0 Å². The second kappa shape index (κ2) is 6.23. The molecule has 1 aliphatic carbocycles. The second-order valence-corrected chi connectivity index (χ2v) is 7.26. The maximum absolute atomic E-state index is 13.4.